The lowest BCUT2D eigenvalue weighted by Crippen LogP contribution is -2.44. The van der Waals surface area contributed by atoms with Gasteiger partial charge in [-0.1, -0.05) is 6.42 Å². The summed E-state index contributed by atoms with van der Waals surface area (Å²) in [5, 5.41) is 7.27. The maximum absolute atomic E-state index is 12.0. The molecule has 0 spiro atoms. The highest BCUT2D eigenvalue weighted by molar-refractivity contribution is 5.69. The van der Waals surface area contributed by atoms with Crippen LogP contribution < -0.4 is 10.6 Å². The van der Waals surface area contributed by atoms with Crippen LogP contribution in [0.5, 0.6) is 0 Å². The number of carbonyl (C=O) groups excluding carboxylic acids is 1. The van der Waals surface area contributed by atoms with Gasteiger partial charge >= 0.3 is 6.09 Å². The number of ether oxygens (including phenoxy) is 1. The molecule has 2 N–H and O–H groups in total. The van der Waals surface area contributed by atoms with E-state index in [0.717, 1.165) is 26.2 Å². The molecule has 0 aromatic rings. The molecule has 2 heterocycles. The molecular formula is C16H29N3O2. The average Bonchev–Trinajstić information content (AvgIpc) is 2.87. The van der Waals surface area contributed by atoms with Crippen LogP contribution in [0.1, 0.15) is 40.0 Å². The van der Waals surface area contributed by atoms with Crippen LogP contribution in [0.15, 0.2) is 0 Å². The second-order valence-electron chi connectivity index (χ2n) is 7.79. The summed E-state index contributed by atoms with van der Waals surface area (Å²) in [4.78, 5) is 13.9. The van der Waals surface area contributed by atoms with E-state index in [1.165, 1.54) is 19.3 Å². The van der Waals surface area contributed by atoms with Crippen molar-refractivity contribution < 1.29 is 9.53 Å². The Morgan fingerprint density at radius 1 is 1.29 bits per heavy atom. The maximum atomic E-state index is 12.0. The predicted molar refractivity (Wildman–Crippen MR) is 82.2 cm³/mol. The predicted octanol–water partition coefficient (Wildman–Crippen LogP) is 1.58. The summed E-state index contributed by atoms with van der Waals surface area (Å²) in [7, 11) is 0. The molecule has 120 valence electrons. The molecule has 21 heavy (non-hydrogen) atoms. The summed E-state index contributed by atoms with van der Waals surface area (Å²) in [6.07, 6.45) is 3.81. The molecule has 5 heteroatoms. The zero-order valence-electron chi connectivity index (χ0n) is 13.5. The first-order chi connectivity index (χ1) is 9.94. The van der Waals surface area contributed by atoms with Gasteiger partial charge in [0.25, 0.3) is 0 Å². The van der Waals surface area contributed by atoms with Crippen LogP contribution in [0, 0.1) is 11.8 Å². The fourth-order valence-corrected chi connectivity index (χ4v) is 3.68. The van der Waals surface area contributed by atoms with Gasteiger partial charge in [0.2, 0.25) is 0 Å². The lowest BCUT2D eigenvalue weighted by molar-refractivity contribution is 0.0269. The molecule has 2 aliphatic heterocycles. The number of nitrogens with one attached hydrogen (secondary N) is 2. The van der Waals surface area contributed by atoms with Gasteiger partial charge in [-0.05, 0) is 52.0 Å². The number of hydrogen-bond acceptors (Lipinski definition) is 4. The second-order valence-corrected chi connectivity index (χ2v) is 7.79. The Morgan fingerprint density at radius 3 is 2.57 bits per heavy atom. The smallest absolute Gasteiger partial charge is 0.410 e. The summed E-state index contributed by atoms with van der Waals surface area (Å²) in [5.41, 5.74) is -0.395. The van der Waals surface area contributed by atoms with Crippen molar-refractivity contribution in [2.24, 2.45) is 11.8 Å². The van der Waals surface area contributed by atoms with E-state index in [9.17, 15) is 4.79 Å². The first-order valence-corrected chi connectivity index (χ1v) is 8.39. The minimum atomic E-state index is -0.395. The van der Waals surface area contributed by atoms with Crippen molar-refractivity contribution >= 4 is 6.09 Å². The van der Waals surface area contributed by atoms with Crippen molar-refractivity contribution in [2.45, 2.75) is 57.7 Å². The van der Waals surface area contributed by atoms with E-state index < -0.39 is 5.60 Å². The van der Waals surface area contributed by atoms with Crippen LogP contribution in [-0.2, 0) is 4.74 Å². The Labute approximate surface area is 127 Å². The molecule has 0 bridgehead atoms. The van der Waals surface area contributed by atoms with Crippen LogP contribution in [0.2, 0.25) is 0 Å². The van der Waals surface area contributed by atoms with Gasteiger partial charge in [0.05, 0.1) is 0 Å². The highest BCUT2D eigenvalue weighted by atomic mass is 16.6. The molecule has 3 rings (SSSR count). The van der Waals surface area contributed by atoms with Gasteiger partial charge in [-0.25, -0.2) is 4.79 Å². The Balaban J connectivity index is 1.37. The van der Waals surface area contributed by atoms with E-state index in [4.69, 9.17) is 4.74 Å². The molecule has 1 amide bonds. The van der Waals surface area contributed by atoms with Crippen molar-refractivity contribution in [3.05, 3.63) is 0 Å². The molecule has 3 atom stereocenters. The number of likely N-dealkylation sites (tertiary alicyclic amines) is 1. The van der Waals surface area contributed by atoms with Gasteiger partial charge in [-0.2, -0.15) is 0 Å². The van der Waals surface area contributed by atoms with Crippen LogP contribution >= 0.6 is 0 Å². The van der Waals surface area contributed by atoms with E-state index in [-0.39, 0.29) is 6.09 Å². The highest BCUT2D eigenvalue weighted by Gasteiger charge is 2.57. The van der Waals surface area contributed by atoms with Crippen molar-refractivity contribution in [1.29, 1.82) is 0 Å². The number of hydrogen-bond donors (Lipinski definition) is 2. The van der Waals surface area contributed by atoms with E-state index in [2.05, 4.69) is 10.6 Å². The van der Waals surface area contributed by atoms with Gasteiger partial charge in [-0.3, -0.25) is 0 Å². The first-order valence-electron chi connectivity index (χ1n) is 8.39. The highest BCUT2D eigenvalue weighted by Crippen LogP contribution is 2.45. The van der Waals surface area contributed by atoms with Crippen molar-refractivity contribution in [2.75, 3.05) is 26.2 Å². The van der Waals surface area contributed by atoms with Crippen LogP contribution in [0.3, 0.4) is 0 Å². The Kier molecular flexibility index (Phi) is 4.14. The molecule has 3 aliphatic rings. The minimum absolute atomic E-state index is 0.151. The summed E-state index contributed by atoms with van der Waals surface area (Å²) >= 11 is 0. The lowest BCUT2D eigenvalue weighted by Gasteiger charge is -2.27. The second kappa shape index (κ2) is 5.76. The maximum Gasteiger partial charge on any atom is 0.410 e. The topological polar surface area (TPSA) is 53.6 Å². The monoisotopic (exact) mass is 295 g/mol. The summed E-state index contributed by atoms with van der Waals surface area (Å²) < 4.78 is 5.44. The number of rotatable bonds is 3. The molecular weight excluding hydrogens is 266 g/mol. The molecule has 2 saturated heterocycles. The van der Waals surface area contributed by atoms with Crippen molar-refractivity contribution in [1.82, 2.24) is 15.5 Å². The zero-order valence-corrected chi connectivity index (χ0v) is 13.5. The standard InChI is InChI=1S/C16H29N3O2/c1-16(2,3)21-15(20)19-9-12-13(10-19)14(12)18-8-11-6-4-5-7-17-11/h11-14,17-18H,4-10H2,1-3H3. The van der Waals surface area contributed by atoms with Gasteiger partial charge in [-0.15, -0.1) is 0 Å². The molecule has 0 aromatic heterocycles. The number of fused-ring (bicyclic) bond motifs is 1. The number of amides is 1. The van der Waals surface area contributed by atoms with Crippen LogP contribution in [0.25, 0.3) is 0 Å². The third-order valence-corrected chi connectivity index (χ3v) is 4.86. The molecule has 1 aliphatic carbocycles. The molecule has 3 fully saturated rings. The van der Waals surface area contributed by atoms with Crippen LogP contribution in [0.4, 0.5) is 4.79 Å². The normalized spacial score (nSPS) is 35.5. The molecule has 0 radical (unpaired) electrons. The quantitative estimate of drug-likeness (QED) is 0.830. The SMILES string of the molecule is CC(C)(C)OC(=O)N1CC2C(C1)C2NCC1CCCCN1. The van der Waals surface area contributed by atoms with Crippen molar-refractivity contribution in [3.63, 3.8) is 0 Å². The zero-order chi connectivity index (χ0) is 15.0. The summed E-state index contributed by atoms with van der Waals surface area (Å²) in [5.74, 6) is 1.28. The van der Waals surface area contributed by atoms with Gasteiger partial charge < -0.3 is 20.3 Å². The fraction of sp³-hybridized carbons (Fsp3) is 0.938. The minimum Gasteiger partial charge on any atom is -0.444 e. The molecule has 3 unspecified atom stereocenters. The third kappa shape index (κ3) is 3.69. The molecule has 1 saturated carbocycles. The Morgan fingerprint density at radius 2 is 2.00 bits per heavy atom. The van der Waals surface area contributed by atoms with Gasteiger partial charge in [0, 0.05) is 31.7 Å². The molecule has 5 nitrogen and oxygen atoms in total. The number of nitrogens with zero attached hydrogens (tertiary/aromatic N) is 1. The van der Waals surface area contributed by atoms with E-state index in [0.29, 0.717) is 23.9 Å². The largest absolute Gasteiger partial charge is 0.444 e. The Hall–Kier alpha value is -0.810. The fourth-order valence-electron chi connectivity index (χ4n) is 3.68. The first kappa shape index (κ1) is 15.1. The van der Waals surface area contributed by atoms with Crippen molar-refractivity contribution in [3.8, 4) is 0 Å². The van der Waals surface area contributed by atoms with E-state index in [1.54, 1.807) is 0 Å². The molecule has 0 aromatic carbocycles. The summed E-state index contributed by atoms with van der Waals surface area (Å²) in [6, 6.07) is 1.26. The number of carbonyl (C=O) groups is 1. The van der Waals surface area contributed by atoms with Crippen LogP contribution in [-0.4, -0.2) is 54.9 Å². The summed E-state index contributed by atoms with van der Waals surface area (Å²) in [6.45, 7) is 9.71. The van der Waals surface area contributed by atoms with E-state index in [1.807, 2.05) is 25.7 Å². The number of piperidine rings is 2. The van der Waals surface area contributed by atoms with E-state index >= 15 is 0 Å². The Bertz CT molecular complexity index is 375. The average molecular weight is 295 g/mol. The third-order valence-electron chi connectivity index (χ3n) is 4.86. The van der Waals surface area contributed by atoms with Gasteiger partial charge in [0.1, 0.15) is 5.60 Å². The lowest BCUT2D eigenvalue weighted by atomic mass is 10.1. The van der Waals surface area contributed by atoms with Gasteiger partial charge in [0.15, 0.2) is 0 Å².